The van der Waals surface area contributed by atoms with Gasteiger partial charge in [0.15, 0.2) is 11.5 Å². The molecule has 2 atom stereocenters. The summed E-state index contributed by atoms with van der Waals surface area (Å²) in [4.78, 5) is 18.7. The lowest BCUT2D eigenvalue weighted by Crippen LogP contribution is -2.28. The molecule has 0 aliphatic heterocycles. The van der Waals surface area contributed by atoms with Gasteiger partial charge in [-0.05, 0) is 12.8 Å². The Morgan fingerprint density at radius 2 is 2.18 bits per heavy atom. The van der Waals surface area contributed by atoms with E-state index < -0.39 is 5.97 Å². The SMILES string of the molecule is O=C(O)c1nccnc1NC1CCCC1CO. The van der Waals surface area contributed by atoms with E-state index in [1.165, 1.54) is 12.4 Å². The number of aromatic carboxylic acids is 1. The van der Waals surface area contributed by atoms with Gasteiger partial charge in [0, 0.05) is 31.0 Å². The van der Waals surface area contributed by atoms with Crippen molar-refractivity contribution in [3.05, 3.63) is 18.1 Å². The summed E-state index contributed by atoms with van der Waals surface area (Å²) in [6.45, 7) is 0.111. The summed E-state index contributed by atoms with van der Waals surface area (Å²) in [5.41, 5.74) is -0.0731. The van der Waals surface area contributed by atoms with Crippen molar-refractivity contribution in [2.45, 2.75) is 25.3 Å². The van der Waals surface area contributed by atoms with E-state index in [1.807, 2.05) is 0 Å². The monoisotopic (exact) mass is 237 g/mol. The first-order chi connectivity index (χ1) is 8.22. The van der Waals surface area contributed by atoms with E-state index in [-0.39, 0.29) is 30.1 Å². The van der Waals surface area contributed by atoms with Crippen molar-refractivity contribution < 1.29 is 15.0 Å². The quantitative estimate of drug-likeness (QED) is 0.715. The van der Waals surface area contributed by atoms with E-state index in [9.17, 15) is 9.90 Å². The number of nitrogens with zero attached hydrogens (tertiary/aromatic N) is 2. The summed E-state index contributed by atoms with van der Waals surface area (Å²) in [5, 5.41) is 21.2. The lowest BCUT2D eigenvalue weighted by molar-refractivity contribution is 0.0691. The van der Waals surface area contributed by atoms with Crippen molar-refractivity contribution in [1.82, 2.24) is 9.97 Å². The van der Waals surface area contributed by atoms with E-state index >= 15 is 0 Å². The minimum absolute atomic E-state index is 0.0731. The molecule has 1 heterocycles. The number of rotatable bonds is 4. The molecule has 1 aromatic heterocycles. The summed E-state index contributed by atoms with van der Waals surface area (Å²) < 4.78 is 0. The number of aromatic nitrogens is 2. The summed E-state index contributed by atoms with van der Waals surface area (Å²) in [5.74, 6) is -0.650. The van der Waals surface area contributed by atoms with Gasteiger partial charge in [-0.1, -0.05) is 6.42 Å². The Morgan fingerprint density at radius 3 is 2.88 bits per heavy atom. The fourth-order valence-corrected chi connectivity index (χ4v) is 2.22. The average Bonchev–Trinajstić information content (AvgIpc) is 2.77. The normalized spacial score (nSPS) is 23.6. The first-order valence-electron chi connectivity index (χ1n) is 5.64. The van der Waals surface area contributed by atoms with Gasteiger partial charge in [-0.15, -0.1) is 0 Å². The summed E-state index contributed by atoms with van der Waals surface area (Å²) >= 11 is 0. The van der Waals surface area contributed by atoms with Crippen LogP contribution in [0.5, 0.6) is 0 Å². The zero-order valence-electron chi connectivity index (χ0n) is 9.33. The summed E-state index contributed by atoms with van der Waals surface area (Å²) in [6.07, 6.45) is 5.72. The van der Waals surface area contributed by atoms with Crippen LogP contribution in [0.15, 0.2) is 12.4 Å². The Kier molecular flexibility index (Phi) is 3.53. The van der Waals surface area contributed by atoms with Crippen LogP contribution in [0.1, 0.15) is 29.8 Å². The molecule has 1 aliphatic carbocycles. The van der Waals surface area contributed by atoms with Gasteiger partial charge in [0.05, 0.1) is 0 Å². The van der Waals surface area contributed by atoms with Gasteiger partial charge in [0.2, 0.25) is 0 Å². The van der Waals surface area contributed by atoms with Gasteiger partial charge >= 0.3 is 5.97 Å². The molecule has 17 heavy (non-hydrogen) atoms. The summed E-state index contributed by atoms with van der Waals surface area (Å²) in [6, 6.07) is 0.0785. The molecular formula is C11H15N3O3. The highest BCUT2D eigenvalue weighted by atomic mass is 16.4. The number of nitrogens with one attached hydrogen (secondary N) is 1. The third kappa shape index (κ3) is 2.52. The highest BCUT2D eigenvalue weighted by molar-refractivity contribution is 5.90. The molecule has 1 aliphatic rings. The maximum absolute atomic E-state index is 11.0. The van der Waals surface area contributed by atoms with Crippen LogP contribution in [0.4, 0.5) is 5.82 Å². The van der Waals surface area contributed by atoms with Crippen LogP contribution >= 0.6 is 0 Å². The topological polar surface area (TPSA) is 95.3 Å². The second-order valence-corrected chi connectivity index (χ2v) is 4.18. The lowest BCUT2D eigenvalue weighted by atomic mass is 10.1. The van der Waals surface area contributed by atoms with E-state index in [2.05, 4.69) is 15.3 Å². The van der Waals surface area contributed by atoms with Crippen molar-refractivity contribution in [2.75, 3.05) is 11.9 Å². The lowest BCUT2D eigenvalue weighted by Gasteiger charge is -2.19. The average molecular weight is 237 g/mol. The van der Waals surface area contributed by atoms with Crippen molar-refractivity contribution in [1.29, 1.82) is 0 Å². The molecule has 0 saturated heterocycles. The number of anilines is 1. The Bertz CT molecular complexity index is 411. The molecule has 6 heteroatoms. The Hall–Kier alpha value is -1.69. The largest absolute Gasteiger partial charge is 0.476 e. The van der Waals surface area contributed by atoms with Gasteiger partial charge in [-0.25, -0.2) is 14.8 Å². The maximum Gasteiger partial charge on any atom is 0.358 e. The van der Waals surface area contributed by atoms with E-state index in [4.69, 9.17) is 5.11 Å². The van der Waals surface area contributed by atoms with E-state index in [0.717, 1.165) is 19.3 Å². The molecule has 1 aromatic rings. The minimum Gasteiger partial charge on any atom is -0.476 e. The second kappa shape index (κ2) is 5.09. The van der Waals surface area contributed by atoms with E-state index in [1.54, 1.807) is 0 Å². The highest BCUT2D eigenvalue weighted by Crippen LogP contribution is 2.28. The zero-order valence-corrected chi connectivity index (χ0v) is 9.33. The maximum atomic E-state index is 11.0. The smallest absolute Gasteiger partial charge is 0.358 e. The van der Waals surface area contributed by atoms with Gasteiger partial charge in [0.1, 0.15) is 0 Å². The summed E-state index contributed by atoms with van der Waals surface area (Å²) in [7, 11) is 0. The van der Waals surface area contributed by atoms with E-state index in [0.29, 0.717) is 0 Å². The second-order valence-electron chi connectivity index (χ2n) is 4.18. The number of carboxylic acids is 1. The van der Waals surface area contributed by atoms with Gasteiger partial charge < -0.3 is 15.5 Å². The Balaban J connectivity index is 2.15. The molecule has 0 radical (unpaired) electrons. The Labute approximate surface area is 98.7 Å². The molecule has 3 N–H and O–H groups in total. The molecule has 1 saturated carbocycles. The van der Waals surface area contributed by atoms with Crippen LogP contribution in [0.3, 0.4) is 0 Å². The van der Waals surface area contributed by atoms with Crippen LogP contribution in [0, 0.1) is 5.92 Å². The third-order valence-electron chi connectivity index (χ3n) is 3.12. The standard InChI is InChI=1S/C11H15N3O3/c15-6-7-2-1-3-8(7)14-10-9(11(16)17)12-4-5-13-10/h4-5,7-8,15H,1-3,6H2,(H,13,14)(H,16,17). The van der Waals surface area contributed by atoms with Crippen LogP contribution in [-0.4, -0.2) is 38.8 Å². The fraction of sp³-hybridized carbons (Fsp3) is 0.545. The van der Waals surface area contributed by atoms with Gasteiger partial charge in [-0.2, -0.15) is 0 Å². The zero-order chi connectivity index (χ0) is 12.3. The molecular weight excluding hydrogens is 222 g/mol. The third-order valence-corrected chi connectivity index (χ3v) is 3.12. The number of aliphatic hydroxyl groups is 1. The number of carbonyl (C=O) groups is 1. The predicted octanol–water partition coefficient (Wildman–Crippen LogP) is 0.748. The molecule has 0 bridgehead atoms. The Morgan fingerprint density at radius 1 is 1.41 bits per heavy atom. The molecule has 0 amide bonds. The molecule has 2 unspecified atom stereocenters. The van der Waals surface area contributed by atoms with Crippen molar-refractivity contribution in [3.63, 3.8) is 0 Å². The van der Waals surface area contributed by atoms with Crippen LogP contribution < -0.4 is 5.32 Å². The molecule has 92 valence electrons. The molecule has 0 aromatic carbocycles. The van der Waals surface area contributed by atoms with Crippen LogP contribution in [0.25, 0.3) is 0 Å². The minimum atomic E-state index is -1.10. The first-order valence-corrected chi connectivity index (χ1v) is 5.64. The highest BCUT2D eigenvalue weighted by Gasteiger charge is 2.28. The van der Waals surface area contributed by atoms with Crippen LogP contribution in [0.2, 0.25) is 0 Å². The van der Waals surface area contributed by atoms with Gasteiger partial charge in [-0.3, -0.25) is 0 Å². The van der Waals surface area contributed by atoms with Crippen LogP contribution in [-0.2, 0) is 0 Å². The molecule has 1 fully saturated rings. The predicted molar refractivity (Wildman–Crippen MR) is 60.8 cm³/mol. The number of carboxylic acid groups (broad SMARTS) is 1. The molecule has 0 spiro atoms. The fourth-order valence-electron chi connectivity index (χ4n) is 2.22. The number of hydrogen-bond acceptors (Lipinski definition) is 5. The van der Waals surface area contributed by atoms with Gasteiger partial charge in [0.25, 0.3) is 0 Å². The molecule has 2 rings (SSSR count). The first kappa shape index (κ1) is 11.8. The van der Waals surface area contributed by atoms with Crippen molar-refractivity contribution in [2.24, 2.45) is 5.92 Å². The van der Waals surface area contributed by atoms with Crippen molar-refractivity contribution >= 4 is 11.8 Å². The number of aliphatic hydroxyl groups excluding tert-OH is 1. The molecule has 6 nitrogen and oxygen atoms in total. The number of hydrogen-bond donors (Lipinski definition) is 3. The van der Waals surface area contributed by atoms with Crippen molar-refractivity contribution in [3.8, 4) is 0 Å².